The minimum Gasteiger partial charge on any atom is -0.402 e. The topological polar surface area (TPSA) is 65.5 Å². The summed E-state index contributed by atoms with van der Waals surface area (Å²) in [5, 5.41) is 0. The Kier molecular flexibility index (Phi) is 5.21. The Balaban J connectivity index is 1.25. The molecule has 1 spiro atoms. The van der Waals surface area contributed by atoms with Crippen LogP contribution in [0.3, 0.4) is 0 Å². The molecule has 0 amide bonds. The van der Waals surface area contributed by atoms with E-state index in [1.807, 2.05) is 6.20 Å². The van der Waals surface area contributed by atoms with Gasteiger partial charge in [-0.25, -0.2) is 4.98 Å². The molecule has 2 N–H and O–H groups in total. The van der Waals surface area contributed by atoms with E-state index in [9.17, 15) is 13.2 Å². The number of likely N-dealkylation sites (tertiary alicyclic amines) is 1. The maximum absolute atomic E-state index is 12.8. The first-order valence-electron chi connectivity index (χ1n) is 11.8. The van der Waals surface area contributed by atoms with E-state index in [-0.39, 0.29) is 9.87 Å². The van der Waals surface area contributed by atoms with Crippen LogP contribution in [0.2, 0.25) is 0 Å². The molecular weight excluding hydrogens is 560 g/mol. The van der Waals surface area contributed by atoms with Gasteiger partial charge in [-0.15, -0.1) is 13.2 Å². The van der Waals surface area contributed by atoms with Crippen molar-refractivity contribution in [2.45, 2.75) is 54.7 Å². The van der Waals surface area contributed by atoms with Crippen LogP contribution >= 0.6 is 22.6 Å². The predicted molar refractivity (Wildman–Crippen MR) is 130 cm³/mol. The van der Waals surface area contributed by atoms with Gasteiger partial charge in [-0.3, -0.25) is 4.90 Å². The van der Waals surface area contributed by atoms with Crippen LogP contribution in [-0.4, -0.2) is 53.2 Å². The Morgan fingerprint density at radius 2 is 2.06 bits per heavy atom. The van der Waals surface area contributed by atoms with Crippen molar-refractivity contribution in [3.8, 4) is 16.9 Å². The molecule has 34 heavy (non-hydrogen) atoms. The summed E-state index contributed by atoms with van der Waals surface area (Å²) in [5.74, 6) is 1.22. The quantitative estimate of drug-likeness (QED) is 0.372. The van der Waals surface area contributed by atoms with Crippen LogP contribution in [0.25, 0.3) is 11.1 Å². The zero-order valence-corrected chi connectivity index (χ0v) is 21.2. The summed E-state index contributed by atoms with van der Waals surface area (Å²) in [6, 6.07) is 4.14. The number of anilines is 1. The number of nitrogens with two attached hydrogens (primary N) is 1. The molecule has 3 unspecified atom stereocenters. The van der Waals surface area contributed by atoms with Crippen LogP contribution in [-0.2, 0) is 4.74 Å². The molecule has 2 aromatic heterocycles. The highest BCUT2D eigenvalue weighted by atomic mass is 127. The third-order valence-corrected chi connectivity index (χ3v) is 9.23. The highest BCUT2D eigenvalue weighted by Gasteiger charge is 2.84. The molecule has 1 aliphatic heterocycles. The van der Waals surface area contributed by atoms with Gasteiger partial charge in [-0.05, 0) is 55.6 Å². The first kappa shape index (κ1) is 22.9. The Labute approximate surface area is 210 Å². The number of methoxy groups -OCH3 is 1. The lowest BCUT2D eigenvalue weighted by atomic mass is 10.0. The van der Waals surface area contributed by atoms with Crippen molar-refractivity contribution < 1.29 is 22.6 Å². The maximum atomic E-state index is 12.8. The molecule has 0 aromatic carbocycles. The summed E-state index contributed by atoms with van der Waals surface area (Å²) in [6.07, 6.45) is 2.72. The summed E-state index contributed by atoms with van der Waals surface area (Å²) < 4.78 is 50.5. The SMILES string of the molecule is CO[C@H]1CCN(C2C[C@H]3[C@H](c4cc(-c5cnc(N)c(OC(F)(F)F)c5)cn4C(C)I)C34C[C@@H]24)C1. The largest absolute Gasteiger partial charge is 0.573 e. The second-order valence-corrected chi connectivity index (χ2v) is 12.0. The second-order valence-electron chi connectivity index (χ2n) is 10.2. The van der Waals surface area contributed by atoms with Gasteiger partial charge < -0.3 is 19.8 Å². The molecule has 10 heteroatoms. The van der Waals surface area contributed by atoms with Crippen molar-refractivity contribution >= 4 is 28.4 Å². The molecule has 0 bridgehead atoms. The van der Waals surface area contributed by atoms with E-state index in [1.165, 1.54) is 30.8 Å². The normalized spacial score (nSPS) is 35.2. The van der Waals surface area contributed by atoms with Crippen LogP contribution in [0.1, 0.15) is 41.8 Å². The number of hydrogen-bond acceptors (Lipinski definition) is 5. The van der Waals surface area contributed by atoms with E-state index in [1.54, 1.807) is 7.11 Å². The molecule has 184 valence electrons. The highest BCUT2D eigenvalue weighted by Crippen LogP contribution is 2.89. The molecule has 3 saturated carbocycles. The van der Waals surface area contributed by atoms with Crippen LogP contribution in [0.5, 0.6) is 5.75 Å². The van der Waals surface area contributed by atoms with Crippen molar-refractivity contribution in [3.05, 3.63) is 30.2 Å². The number of nitrogens with zero attached hydrogens (tertiary/aromatic N) is 3. The molecule has 3 aliphatic carbocycles. The van der Waals surface area contributed by atoms with E-state index in [0.717, 1.165) is 31.0 Å². The minimum absolute atomic E-state index is 0.223. The maximum Gasteiger partial charge on any atom is 0.573 e. The lowest BCUT2D eigenvalue weighted by Gasteiger charge is -2.27. The summed E-state index contributed by atoms with van der Waals surface area (Å²) >= 11 is 2.39. The molecule has 3 heterocycles. The van der Waals surface area contributed by atoms with Gasteiger partial charge >= 0.3 is 6.36 Å². The summed E-state index contributed by atoms with van der Waals surface area (Å²) in [4.78, 5) is 6.60. The smallest absolute Gasteiger partial charge is 0.402 e. The van der Waals surface area contributed by atoms with E-state index in [4.69, 9.17) is 10.5 Å². The van der Waals surface area contributed by atoms with Gasteiger partial charge in [0.25, 0.3) is 0 Å². The average molecular weight is 588 g/mol. The number of nitrogen functional groups attached to an aromatic ring is 1. The van der Waals surface area contributed by atoms with Crippen molar-refractivity contribution in [3.63, 3.8) is 0 Å². The lowest BCUT2D eigenvalue weighted by Crippen LogP contribution is -2.35. The number of alkyl halides is 4. The number of hydrogen-bond donors (Lipinski definition) is 1. The van der Waals surface area contributed by atoms with Crippen molar-refractivity contribution in [1.29, 1.82) is 0 Å². The number of aromatic nitrogens is 2. The third-order valence-electron chi connectivity index (χ3n) is 8.63. The lowest BCUT2D eigenvalue weighted by molar-refractivity contribution is -0.274. The van der Waals surface area contributed by atoms with Crippen LogP contribution in [0.4, 0.5) is 19.0 Å². The van der Waals surface area contributed by atoms with Crippen molar-refractivity contribution in [2.24, 2.45) is 17.3 Å². The van der Waals surface area contributed by atoms with E-state index < -0.39 is 12.1 Å². The fraction of sp³-hybridized carbons (Fsp3) is 0.625. The predicted octanol–water partition coefficient (Wildman–Crippen LogP) is 5.20. The van der Waals surface area contributed by atoms with E-state index in [2.05, 4.69) is 54.8 Å². The molecule has 2 aromatic rings. The average Bonchev–Trinajstić information content (AvgIpc) is 3.37. The standard InChI is InChI=1S/C24H28F3IN4O2/c1-12(28)32-10-14(13-6-20(22(29)30-9-13)34-24(25,26)27)5-19(32)21-16-7-18(17-8-23(16,17)21)31-4-3-15(11-31)33-2/h5-6,9-10,12,15-18,21H,3-4,7-8,11H2,1-2H3,(H2,29,30)/t12?,15-,16-,17-,18?,21+,23?/m0/s1. The van der Waals surface area contributed by atoms with Gasteiger partial charge in [0.2, 0.25) is 0 Å². The van der Waals surface area contributed by atoms with Gasteiger partial charge in [0.05, 0.1) is 10.2 Å². The summed E-state index contributed by atoms with van der Waals surface area (Å²) in [5.41, 5.74) is 8.74. The van der Waals surface area contributed by atoms with Gasteiger partial charge in [0.15, 0.2) is 11.6 Å². The summed E-state index contributed by atoms with van der Waals surface area (Å²) in [6.45, 7) is 4.30. The Morgan fingerprint density at radius 3 is 2.68 bits per heavy atom. The Morgan fingerprint density at radius 1 is 1.26 bits per heavy atom. The molecule has 7 atom stereocenters. The molecular formula is C24H28F3IN4O2. The molecule has 6 nitrogen and oxygen atoms in total. The molecule has 6 rings (SSSR count). The third kappa shape index (κ3) is 3.54. The Bertz CT molecular complexity index is 1120. The first-order valence-corrected chi connectivity index (χ1v) is 13.0. The van der Waals surface area contributed by atoms with Gasteiger partial charge in [0.1, 0.15) is 0 Å². The molecule has 4 fully saturated rings. The van der Waals surface area contributed by atoms with Crippen molar-refractivity contribution in [2.75, 3.05) is 25.9 Å². The minimum atomic E-state index is -4.82. The van der Waals surface area contributed by atoms with Gasteiger partial charge in [-0.2, -0.15) is 0 Å². The molecule has 1 saturated heterocycles. The number of ether oxygens (including phenoxy) is 2. The van der Waals surface area contributed by atoms with Crippen molar-refractivity contribution in [1.82, 2.24) is 14.5 Å². The van der Waals surface area contributed by atoms with Crippen LogP contribution < -0.4 is 10.5 Å². The Hall–Kier alpha value is -1.53. The van der Waals surface area contributed by atoms with Crippen LogP contribution in [0.15, 0.2) is 24.5 Å². The van der Waals surface area contributed by atoms with Gasteiger partial charge in [0, 0.05) is 61.4 Å². The van der Waals surface area contributed by atoms with E-state index >= 15 is 0 Å². The number of pyridine rings is 1. The number of halogens is 4. The monoisotopic (exact) mass is 588 g/mol. The first-order chi connectivity index (χ1) is 16.1. The fourth-order valence-electron chi connectivity index (χ4n) is 7.08. The second kappa shape index (κ2) is 7.73. The zero-order valence-electron chi connectivity index (χ0n) is 19.1. The van der Waals surface area contributed by atoms with Gasteiger partial charge in [-0.1, -0.05) is 22.6 Å². The fourth-order valence-corrected chi connectivity index (χ4v) is 7.57. The molecule has 0 radical (unpaired) electrons. The van der Waals surface area contributed by atoms with Crippen LogP contribution in [0, 0.1) is 17.3 Å². The zero-order chi connectivity index (χ0) is 24.0. The number of rotatable bonds is 6. The summed E-state index contributed by atoms with van der Waals surface area (Å²) in [7, 11) is 1.81. The highest BCUT2D eigenvalue weighted by molar-refractivity contribution is 14.1. The van der Waals surface area contributed by atoms with E-state index in [0.29, 0.717) is 35.0 Å². The molecule has 4 aliphatic rings.